The molecule has 0 aliphatic carbocycles. The first kappa shape index (κ1) is 12.5. The van der Waals surface area contributed by atoms with E-state index in [9.17, 15) is 13.2 Å². The Labute approximate surface area is 94.2 Å². The van der Waals surface area contributed by atoms with E-state index in [1.165, 1.54) is 16.9 Å². The molecule has 0 saturated heterocycles. The normalized spacial score (nSPS) is 11.1. The molecule has 0 aliphatic rings. The van der Waals surface area contributed by atoms with Crippen LogP contribution in [0.5, 0.6) is 0 Å². The molecule has 0 atom stereocenters. The average molecular weight is 243 g/mol. The summed E-state index contributed by atoms with van der Waals surface area (Å²) in [6.07, 6.45) is 0.254. The van der Waals surface area contributed by atoms with Crippen molar-refractivity contribution >= 4 is 16.1 Å². The van der Waals surface area contributed by atoms with Gasteiger partial charge in [-0.05, 0) is 24.1 Å². The summed E-state index contributed by atoms with van der Waals surface area (Å²) >= 11 is 0. The molecule has 1 amide bonds. The monoisotopic (exact) mass is 243 g/mol. The Balaban J connectivity index is 2.93. The van der Waals surface area contributed by atoms with Crippen LogP contribution in [0.4, 0.5) is 4.79 Å². The van der Waals surface area contributed by atoms with Crippen molar-refractivity contribution in [1.82, 2.24) is 4.72 Å². The van der Waals surface area contributed by atoms with E-state index < -0.39 is 16.1 Å². The molecule has 1 aromatic rings. The molecule has 0 aromatic heterocycles. The molecule has 0 spiro atoms. The van der Waals surface area contributed by atoms with Gasteiger partial charge in [-0.1, -0.05) is 25.5 Å². The highest BCUT2D eigenvalue weighted by molar-refractivity contribution is 7.90. The minimum Gasteiger partial charge on any atom is -0.464 e. The van der Waals surface area contributed by atoms with Crippen molar-refractivity contribution < 1.29 is 18.3 Å². The smallest absolute Gasteiger partial charge is 0.418 e. The second-order valence-corrected chi connectivity index (χ2v) is 4.99. The van der Waals surface area contributed by atoms with E-state index in [-0.39, 0.29) is 4.90 Å². The highest BCUT2D eigenvalue weighted by atomic mass is 32.2. The van der Waals surface area contributed by atoms with Crippen LogP contribution >= 0.6 is 0 Å². The van der Waals surface area contributed by atoms with Crippen LogP contribution in [0.15, 0.2) is 29.2 Å². The number of hydrogen-bond acceptors (Lipinski definition) is 3. The Hall–Kier alpha value is -1.56. The number of carbonyl (C=O) groups is 1. The summed E-state index contributed by atoms with van der Waals surface area (Å²) in [5, 5.41) is 8.36. The van der Waals surface area contributed by atoms with E-state index in [0.29, 0.717) is 0 Å². The van der Waals surface area contributed by atoms with E-state index in [1.54, 1.807) is 12.1 Å². The molecule has 6 heteroatoms. The lowest BCUT2D eigenvalue weighted by Crippen LogP contribution is -2.28. The fraction of sp³-hybridized carbons (Fsp3) is 0.300. The van der Waals surface area contributed by atoms with Crippen LogP contribution in [-0.2, 0) is 16.4 Å². The van der Waals surface area contributed by atoms with Crippen molar-refractivity contribution in [1.29, 1.82) is 0 Å². The molecule has 0 aliphatic heterocycles. The fourth-order valence-corrected chi connectivity index (χ4v) is 2.14. The number of carboxylic acid groups (broad SMARTS) is 1. The number of nitrogens with one attached hydrogen (secondary N) is 1. The Kier molecular flexibility index (Phi) is 3.89. The van der Waals surface area contributed by atoms with Crippen molar-refractivity contribution in [3.63, 3.8) is 0 Å². The number of aryl methyl sites for hydroxylation is 1. The SMILES string of the molecule is CCCc1ccc(S(=O)(=O)NC(=O)O)cc1. The van der Waals surface area contributed by atoms with E-state index in [0.717, 1.165) is 18.4 Å². The molecule has 0 fully saturated rings. The second kappa shape index (κ2) is 4.98. The number of sulfonamides is 1. The molecule has 0 unspecified atom stereocenters. The van der Waals surface area contributed by atoms with Crippen molar-refractivity contribution in [2.24, 2.45) is 0 Å². The summed E-state index contributed by atoms with van der Waals surface area (Å²) in [6.45, 7) is 2.02. The predicted molar refractivity (Wildman–Crippen MR) is 58.8 cm³/mol. The molecule has 5 nitrogen and oxygen atoms in total. The van der Waals surface area contributed by atoms with Gasteiger partial charge in [0.05, 0.1) is 4.90 Å². The molecule has 2 N–H and O–H groups in total. The van der Waals surface area contributed by atoms with Gasteiger partial charge in [0, 0.05) is 0 Å². The van der Waals surface area contributed by atoms with Crippen molar-refractivity contribution in [2.45, 2.75) is 24.7 Å². The number of rotatable bonds is 4. The second-order valence-electron chi connectivity index (χ2n) is 3.30. The number of hydrogen-bond donors (Lipinski definition) is 2. The summed E-state index contributed by atoms with van der Waals surface area (Å²) < 4.78 is 24.3. The molecule has 0 radical (unpaired) electrons. The van der Waals surface area contributed by atoms with Gasteiger partial charge in [0.1, 0.15) is 0 Å². The van der Waals surface area contributed by atoms with Gasteiger partial charge >= 0.3 is 6.09 Å². The van der Waals surface area contributed by atoms with Gasteiger partial charge in [-0.15, -0.1) is 0 Å². The number of amides is 1. The fourth-order valence-electron chi connectivity index (χ4n) is 1.30. The minimum absolute atomic E-state index is 0.0465. The van der Waals surface area contributed by atoms with Crippen LogP contribution in [0, 0.1) is 0 Å². The quantitative estimate of drug-likeness (QED) is 0.841. The lowest BCUT2D eigenvalue weighted by atomic mass is 10.1. The van der Waals surface area contributed by atoms with E-state index in [4.69, 9.17) is 5.11 Å². The Morgan fingerprint density at radius 2 is 1.88 bits per heavy atom. The topological polar surface area (TPSA) is 83.5 Å². The van der Waals surface area contributed by atoms with E-state index in [2.05, 4.69) is 0 Å². The van der Waals surface area contributed by atoms with Crippen LogP contribution < -0.4 is 4.72 Å². The highest BCUT2D eigenvalue weighted by Crippen LogP contribution is 2.11. The van der Waals surface area contributed by atoms with Gasteiger partial charge in [-0.3, -0.25) is 0 Å². The van der Waals surface area contributed by atoms with Gasteiger partial charge < -0.3 is 5.11 Å². The van der Waals surface area contributed by atoms with E-state index >= 15 is 0 Å². The maximum atomic E-state index is 11.4. The predicted octanol–water partition coefficient (Wildman–Crippen LogP) is 1.60. The van der Waals surface area contributed by atoms with Crippen LogP contribution in [-0.4, -0.2) is 19.6 Å². The minimum atomic E-state index is -3.94. The van der Waals surface area contributed by atoms with Gasteiger partial charge in [-0.25, -0.2) is 17.9 Å². The van der Waals surface area contributed by atoms with Crippen molar-refractivity contribution in [3.8, 4) is 0 Å². The molecular formula is C10H13NO4S. The zero-order valence-corrected chi connectivity index (χ0v) is 9.62. The molecule has 0 heterocycles. The van der Waals surface area contributed by atoms with Crippen molar-refractivity contribution in [2.75, 3.05) is 0 Å². The molecule has 0 bridgehead atoms. The Morgan fingerprint density at radius 1 is 1.31 bits per heavy atom. The average Bonchev–Trinajstić information content (AvgIpc) is 2.17. The maximum Gasteiger partial charge on any atom is 0.418 e. The molecule has 1 aromatic carbocycles. The van der Waals surface area contributed by atoms with Gasteiger partial charge in [0.25, 0.3) is 10.0 Å². The molecule has 88 valence electrons. The molecule has 0 saturated carbocycles. The molecule has 16 heavy (non-hydrogen) atoms. The summed E-state index contributed by atoms with van der Waals surface area (Å²) in [4.78, 5) is 10.2. The zero-order chi connectivity index (χ0) is 12.2. The number of benzene rings is 1. The van der Waals surface area contributed by atoms with E-state index in [1.807, 2.05) is 6.92 Å². The lowest BCUT2D eigenvalue weighted by Gasteiger charge is -2.04. The third kappa shape index (κ3) is 3.23. The van der Waals surface area contributed by atoms with Crippen LogP contribution in [0.25, 0.3) is 0 Å². The third-order valence-electron chi connectivity index (χ3n) is 1.99. The third-order valence-corrected chi connectivity index (χ3v) is 3.33. The van der Waals surface area contributed by atoms with Gasteiger partial charge in [0.2, 0.25) is 0 Å². The Bertz CT molecular complexity index is 464. The molecular weight excluding hydrogens is 230 g/mol. The van der Waals surface area contributed by atoms with Gasteiger partial charge in [-0.2, -0.15) is 0 Å². The first-order valence-corrected chi connectivity index (χ1v) is 6.28. The first-order valence-electron chi connectivity index (χ1n) is 4.80. The van der Waals surface area contributed by atoms with Crippen LogP contribution in [0.3, 0.4) is 0 Å². The van der Waals surface area contributed by atoms with Crippen LogP contribution in [0.1, 0.15) is 18.9 Å². The summed E-state index contributed by atoms with van der Waals surface area (Å²) in [5.41, 5.74) is 1.02. The lowest BCUT2D eigenvalue weighted by molar-refractivity contribution is 0.201. The standard InChI is InChI=1S/C10H13NO4S/c1-2-3-8-4-6-9(7-5-8)16(14,15)11-10(12)13/h4-7,11H,2-3H2,1H3,(H,12,13). The van der Waals surface area contributed by atoms with Crippen LogP contribution in [0.2, 0.25) is 0 Å². The highest BCUT2D eigenvalue weighted by Gasteiger charge is 2.16. The maximum absolute atomic E-state index is 11.4. The van der Waals surface area contributed by atoms with Crippen molar-refractivity contribution in [3.05, 3.63) is 29.8 Å². The first-order chi connectivity index (χ1) is 7.45. The summed E-state index contributed by atoms with van der Waals surface area (Å²) in [5.74, 6) is 0. The Morgan fingerprint density at radius 3 is 2.31 bits per heavy atom. The summed E-state index contributed by atoms with van der Waals surface area (Å²) in [6, 6.07) is 6.16. The molecule has 1 rings (SSSR count). The van der Waals surface area contributed by atoms with Gasteiger partial charge in [0.15, 0.2) is 0 Å². The summed E-state index contributed by atoms with van der Waals surface area (Å²) in [7, 11) is -3.94. The largest absolute Gasteiger partial charge is 0.464 e. The zero-order valence-electron chi connectivity index (χ0n) is 8.80.